The van der Waals surface area contributed by atoms with Crippen LogP contribution in [0.15, 0.2) is 262 Å². The summed E-state index contributed by atoms with van der Waals surface area (Å²) in [5.41, 5.74) is -9.92. The van der Waals surface area contributed by atoms with Crippen LogP contribution in [0.5, 0.6) is 11.5 Å². The fourth-order valence-electron chi connectivity index (χ4n) is 13.3. The number of sulfonamides is 4. The lowest BCUT2D eigenvalue weighted by molar-refractivity contribution is -0.396. The van der Waals surface area contributed by atoms with Gasteiger partial charge in [-0.15, -0.1) is 0 Å². The van der Waals surface area contributed by atoms with Gasteiger partial charge in [0, 0.05) is 89.7 Å². The Morgan fingerprint density at radius 1 is 0.271 bits per heavy atom. The van der Waals surface area contributed by atoms with E-state index in [4.69, 9.17) is 9.47 Å². The lowest BCUT2D eigenvalue weighted by atomic mass is 9.77. The van der Waals surface area contributed by atoms with Gasteiger partial charge in [0.1, 0.15) is 11.5 Å². The minimum absolute atomic E-state index is 0.189. The second-order valence-corrected chi connectivity index (χ2v) is 33.2. The van der Waals surface area contributed by atoms with Crippen molar-refractivity contribution < 1.29 is 82.5 Å². The number of rotatable bonds is 41. The summed E-state index contributed by atoms with van der Waals surface area (Å²) in [6, 6.07) is 52.3. The molecule has 0 radical (unpaired) electrons. The molecule has 0 unspecified atom stereocenters. The molecule has 0 aliphatic carbocycles. The second-order valence-electron chi connectivity index (χ2n) is 25.6. The predicted molar refractivity (Wildman–Crippen MR) is 422 cm³/mol. The van der Waals surface area contributed by atoms with Gasteiger partial charge in [-0.1, -0.05) is 146 Å². The molecule has 0 saturated carbocycles. The number of ether oxygens (including phenoxy) is 2. The molecule has 0 bridgehead atoms. The third kappa shape index (κ3) is 18.4. The van der Waals surface area contributed by atoms with Gasteiger partial charge >= 0.3 is 0 Å². The number of hydrogen-bond acceptors (Lipinski definition) is 28. The molecule has 0 saturated heterocycles. The third-order valence-electron chi connectivity index (χ3n) is 19.0. The standard InChI is InChI=1S/C74H68N14O26S4/c1-113-63-31-23-57(24-32-63)73(53-15-7-3-8-16-53,54-17-9-4-10-18-54)75-39-41-77(115(105,106)69-35-27-59(81(89)90)49-65(69)85(97)98)43-45-79(117(109,110)71-37-29-61(83(93)94)51-67(71)87(101)102)47-48-80(118(111,112)72-38-30-62(84(95)96)52-68(72)88(103)104)46-44-78(116(107,108)70-36-28-60(82(91)92)50-66(70)86(99)100)42-40-76-74(55-19-11-5-12-20-55,56-21-13-6-14-22-56)58-25-33-64(114-2)34-26-58/h3-38,49-52,75-76H,39-48H2,1-2H3. The average molecular weight is 1700 g/mol. The molecule has 0 aliphatic heterocycles. The summed E-state index contributed by atoms with van der Waals surface area (Å²) in [5.74, 6) is 0.797. The summed E-state index contributed by atoms with van der Waals surface area (Å²) >= 11 is 0. The largest absolute Gasteiger partial charge is 0.497 e. The van der Waals surface area contributed by atoms with E-state index < -0.39 is 221 Å². The molecular formula is C74H68N14O26S4. The zero-order valence-corrected chi connectivity index (χ0v) is 65.0. The van der Waals surface area contributed by atoms with E-state index in [9.17, 15) is 80.9 Å². The molecule has 118 heavy (non-hydrogen) atoms. The van der Waals surface area contributed by atoms with Crippen molar-refractivity contribution in [1.29, 1.82) is 0 Å². The number of nitro groups is 8. The van der Waals surface area contributed by atoms with Crippen LogP contribution >= 0.6 is 0 Å². The Bertz CT molecular complexity index is 5520. The van der Waals surface area contributed by atoms with Crippen molar-refractivity contribution >= 4 is 85.6 Å². The molecule has 10 aromatic rings. The molecule has 0 amide bonds. The molecule has 0 aromatic heterocycles. The van der Waals surface area contributed by atoms with Gasteiger partial charge in [-0.05, 0) is 81.9 Å². The second kappa shape index (κ2) is 36.6. The monoisotopic (exact) mass is 1700 g/mol. The van der Waals surface area contributed by atoms with Crippen LogP contribution in [0.4, 0.5) is 45.5 Å². The molecule has 614 valence electrons. The van der Waals surface area contributed by atoms with Crippen LogP contribution in [-0.4, -0.2) is 170 Å². The number of hydrogen-bond donors (Lipinski definition) is 2. The first kappa shape index (κ1) is 87.0. The van der Waals surface area contributed by atoms with E-state index in [2.05, 4.69) is 10.6 Å². The van der Waals surface area contributed by atoms with Crippen molar-refractivity contribution in [3.05, 3.63) is 357 Å². The molecule has 0 fully saturated rings. The molecular weight excluding hydrogens is 1630 g/mol. The molecule has 2 N–H and O–H groups in total. The van der Waals surface area contributed by atoms with Crippen LogP contribution in [0.25, 0.3) is 0 Å². The highest BCUT2D eigenvalue weighted by atomic mass is 32.2. The number of methoxy groups -OCH3 is 2. The first-order chi connectivity index (χ1) is 56.0. The van der Waals surface area contributed by atoms with Gasteiger partial charge in [-0.25, -0.2) is 33.7 Å². The first-order valence-corrected chi connectivity index (χ1v) is 40.5. The Morgan fingerprint density at radius 2 is 0.466 bits per heavy atom. The Balaban J connectivity index is 1.15. The molecule has 44 heteroatoms. The number of nitrogens with one attached hydrogen (secondary N) is 2. The summed E-state index contributed by atoms with van der Waals surface area (Å²) in [5, 5.41) is 107. The maximum Gasteiger partial charge on any atom is 0.296 e. The Morgan fingerprint density at radius 3 is 0.653 bits per heavy atom. The van der Waals surface area contributed by atoms with Gasteiger partial charge < -0.3 is 9.47 Å². The topological polar surface area (TPSA) is 537 Å². The number of nitrogens with zero attached hydrogens (tertiary/aromatic N) is 12. The van der Waals surface area contributed by atoms with Crippen molar-refractivity contribution in [1.82, 2.24) is 27.9 Å². The minimum atomic E-state index is -5.87. The lowest BCUT2D eigenvalue weighted by Crippen LogP contribution is -2.50. The fraction of sp³-hybridized carbons (Fsp3) is 0.189. The van der Waals surface area contributed by atoms with Crippen molar-refractivity contribution in [2.75, 3.05) is 79.7 Å². The summed E-state index contributed by atoms with van der Waals surface area (Å²) in [7, 11) is -20.1. The Hall–Kier alpha value is -13.4. The van der Waals surface area contributed by atoms with E-state index in [1.54, 1.807) is 170 Å². The van der Waals surface area contributed by atoms with Gasteiger partial charge in [-0.2, -0.15) is 17.2 Å². The molecule has 0 spiro atoms. The summed E-state index contributed by atoms with van der Waals surface area (Å²) in [6.45, 7) is -11.2. The summed E-state index contributed by atoms with van der Waals surface area (Å²) < 4.78 is 138. The number of benzene rings is 10. The molecule has 40 nitrogen and oxygen atoms in total. The molecule has 10 rings (SSSR count). The number of nitro benzene ring substituents is 8. The van der Waals surface area contributed by atoms with Crippen molar-refractivity contribution in [2.24, 2.45) is 0 Å². The SMILES string of the molecule is COc1ccc(C(NCCN(CCN(CCN(CCN(CCNC(c2ccccc2)(c2ccccc2)c2ccc(OC)cc2)S(=O)(=O)c2ccc([N+](=O)[O-])cc2[N+](=O)[O-])S(=O)(=O)c2ccc([N+](=O)[O-])cc2[N+](=O)[O-])S(=O)(=O)c2ccc([N+](=O)[O-])cc2[N+](=O)[O-])S(=O)(=O)c2ccc([N+](=O)[O-])cc2[N+](=O)[O-])(c2ccccc2)c2ccccc2)cc1. The van der Waals surface area contributed by atoms with Gasteiger partial charge in [0.15, 0.2) is 19.6 Å². The Labute approximate surface area is 671 Å². The maximum absolute atomic E-state index is 15.8. The highest BCUT2D eigenvalue weighted by Gasteiger charge is 2.44. The molecule has 0 atom stereocenters. The van der Waals surface area contributed by atoms with Gasteiger partial charge in [0.2, 0.25) is 40.1 Å². The zero-order valence-electron chi connectivity index (χ0n) is 61.8. The van der Waals surface area contributed by atoms with Crippen molar-refractivity contribution in [3.63, 3.8) is 0 Å². The van der Waals surface area contributed by atoms with E-state index in [0.717, 1.165) is 0 Å². The van der Waals surface area contributed by atoms with Crippen LogP contribution in [0.3, 0.4) is 0 Å². The van der Waals surface area contributed by atoms with Gasteiger partial charge in [0.25, 0.3) is 45.5 Å². The van der Waals surface area contributed by atoms with E-state index in [-0.39, 0.29) is 20.7 Å². The normalized spacial score (nSPS) is 12.2. The highest BCUT2D eigenvalue weighted by Crippen LogP contribution is 2.42. The van der Waals surface area contributed by atoms with Crippen molar-refractivity contribution in [3.8, 4) is 11.5 Å². The lowest BCUT2D eigenvalue weighted by Gasteiger charge is -2.38. The van der Waals surface area contributed by atoms with Gasteiger partial charge in [0.05, 0.1) is 88.9 Å². The third-order valence-corrected chi connectivity index (χ3v) is 26.8. The van der Waals surface area contributed by atoms with E-state index in [1.807, 2.05) is 0 Å². The average Bonchev–Trinajstić information content (AvgIpc) is 0.781. The van der Waals surface area contributed by atoms with Crippen molar-refractivity contribution in [2.45, 2.75) is 30.7 Å². The van der Waals surface area contributed by atoms with Crippen LogP contribution in [0.1, 0.15) is 33.4 Å². The van der Waals surface area contributed by atoms with Gasteiger partial charge in [-0.3, -0.25) is 91.5 Å². The van der Waals surface area contributed by atoms with E-state index >= 15 is 33.7 Å². The minimum Gasteiger partial charge on any atom is -0.497 e. The highest BCUT2D eigenvalue weighted by molar-refractivity contribution is 7.90. The van der Waals surface area contributed by atoms with Crippen LogP contribution in [-0.2, 0) is 51.2 Å². The van der Waals surface area contributed by atoms with E-state index in [0.29, 0.717) is 114 Å². The fourth-order valence-corrected chi connectivity index (χ4v) is 19.6. The van der Waals surface area contributed by atoms with Crippen LogP contribution in [0.2, 0.25) is 0 Å². The molecule has 10 aromatic carbocycles. The van der Waals surface area contributed by atoms with Crippen LogP contribution in [0, 0.1) is 80.9 Å². The summed E-state index contributed by atoms with van der Waals surface area (Å²) in [4.78, 5) is 85.4. The molecule has 0 heterocycles. The predicted octanol–water partition coefficient (Wildman–Crippen LogP) is 10.2. The van der Waals surface area contributed by atoms with E-state index in [1.165, 1.54) is 14.2 Å². The molecule has 0 aliphatic rings. The first-order valence-electron chi connectivity index (χ1n) is 34.8. The van der Waals surface area contributed by atoms with Crippen LogP contribution < -0.4 is 20.1 Å². The Kier molecular flexibility index (Phi) is 27.0. The smallest absolute Gasteiger partial charge is 0.296 e. The number of non-ortho nitro benzene ring substituents is 4. The zero-order chi connectivity index (χ0) is 85.7. The summed E-state index contributed by atoms with van der Waals surface area (Å²) in [6.07, 6.45) is 0. The maximum atomic E-state index is 15.8. The quantitative estimate of drug-likeness (QED) is 0.0204.